The maximum atomic E-state index is 12.1. The number of imide groups is 1. The SMILES string of the molecule is CC(c1cc2ccccc2o1)N(C)CC(=O)NC(=O)NCc1ccco1. The van der Waals surface area contributed by atoms with E-state index in [0.717, 1.165) is 16.7 Å². The summed E-state index contributed by atoms with van der Waals surface area (Å²) in [5.74, 6) is 0.986. The van der Waals surface area contributed by atoms with Crippen molar-refractivity contribution < 1.29 is 18.4 Å². The van der Waals surface area contributed by atoms with E-state index in [2.05, 4.69) is 10.6 Å². The van der Waals surface area contributed by atoms with Crippen LogP contribution in [0.4, 0.5) is 4.79 Å². The predicted molar refractivity (Wildman–Crippen MR) is 96.3 cm³/mol. The molecule has 1 atom stereocenters. The van der Waals surface area contributed by atoms with Gasteiger partial charge in [0.25, 0.3) is 0 Å². The van der Waals surface area contributed by atoms with Gasteiger partial charge in [-0.05, 0) is 38.2 Å². The Hall–Kier alpha value is -3.06. The maximum absolute atomic E-state index is 12.1. The first-order chi connectivity index (χ1) is 12.5. The number of benzene rings is 1. The quantitative estimate of drug-likeness (QED) is 0.710. The topological polar surface area (TPSA) is 87.7 Å². The van der Waals surface area contributed by atoms with E-state index in [1.165, 1.54) is 6.26 Å². The van der Waals surface area contributed by atoms with Crippen molar-refractivity contribution in [2.24, 2.45) is 0 Å². The zero-order valence-electron chi connectivity index (χ0n) is 14.7. The molecule has 0 saturated carbocycles. The van der Waals surface area contributed by atoms with Gasteiger partial charge in [-0.15, -0.1) is 0 Å². The van der Waals surface area contributed by atoms with Crippen molar-refractivity contribution >= 4 is 22.9 Å². The normalized spacial score (nSPS) is 12.3. The lowest BCUT2D eigenvalue weighted by Gasteiger charge is -2.22. The number of nitrogens with one attached hydrogen (secondary N) is 2. The molecule has 1 unspecified atom stereocenters. The molecule has 0 fully saturated rings. The molecule has 2 N–H and O–H groups in total. The Morgan fingerprint density at radius 1 is 1.19 bits per heavy atom. The molecule has 3 amide bonds. The Morgan fingerprint density at radius 2 is 2.00 bits per heavy atom. The first-order valence-electron chi connectivity index (χ1n) is 8.31. The van der Waals surface area contributed by atoms with Gasteiger partial charge in [0.15, 0.2) is 0 Å². The highest BCUT2D eigenvalue weighted by Gasteiger charge is 2.19. The second-order valence-electron chi connectivity index (χ2n) is 6.09. The van der Waals surface area contributed by atoms with Crippen molar-refractivity contribution in [1.29, 1.82) is 0 Å². The molecular weight excluding hydrogens is 334 g/mol. The van der Waals surface area contributed by atoms with Crippen LogP contribution >= 0.6 is 0 Å². The first kappa shape index (κ1) is 17.8. The number of likely N-dealkylation sites (N-methyl/N-ethyl adjacent to an activating group) is 1. The second kappa shape index (κ2) is 7.88. The highest BCUT2D eigenvalue weighted by molar-refractivity contribution is 5.95. The van der Waals surface area contributed by atoms with Gasteiger partial charge in [0.1, 0.15) is 17.1 Å². The van der Waals surface area contributed by atoms with Crippen molar-refractivity contribution in [3.63, 3.8) is 0 Å². The molecule has 2 aromatic heterocycles. The second-order valence-corrected chi connectivity index (χ2v) is 6.09. The van der Waals surface area contributed by atoms with Crippen molar-refractivity contribution in [3.05, 3.63) is 60.2 Å². The monoisotopic (exact) mass is 355 g/mol. The highest BCUT2D eigenvalue weighted by atomic mass is 16.3. The van der Waals surface area contributed by atoms with Gasteiger partial charge in [-0.3, -0.25) is 15.0 Å². The Bertz CT molecular complexity index is 852. The van der Waals surface area contributed by atoms with Gasteiger partial charge in [-0.1, -0.05) is 18.2 Å². The Morgan fingerprint density at radius 3 is 2.73 bits per heavy atom. The van der Waals surface area contributed by atoms with Gasteiger partial charge in [-0.2, -0.15) is 0 Å². The zero-order valence-corrected chi connectivity index (χ0v) is 14.7. The van der Waals surface area contributed by atoms with Gasteiger partial charge in [0, 0.05) is 5.39 Å². The molecule has 0 saturated heterocycles. The summed E-state index contributed by atoms with van der Waals surface area (Å²) in [7, 11) is 1.80. The Labute approximate surface area is 150 Å². The van der Waals surface area contributed by atoms with Crippen LogP contribution in [0.25, 0.3) is 11.0 Å². The van der Waals surface area contributed by atoms with Gasteiger partial charge < -0.3 is 14.2 Å². The average Bonchev–Trinajstić information content (AvgIpc) is 3.28. The lowest BCUT2D eigenvalue weighted by molar-refractivity contribution is -0.121. The maximum Gasteiger partial charge on any atom is 0.321 e. The van der Waals surface area contributed by atoms with Crippen molar-refractivity contribution in [1.82, 2.24) is 15.5 Å². The van der Waals surface area contributed by atoms with E-state index in [0.29, 0.717) is 5.76 Å². The minimum atomic E-state index is -0.559. The number of carbonyl (C=O) groups excluding carboxylic acids is 2. The van der Waals surface area contributed by atoms with E-state index >= 15 is 0 Å². The number of nitrogens with zero attached hydrogens (tertiary/aromatic N) is 1. The Balaban J connectivity index is 1.50. The summed E-state index contributed by atoms with van der Waals surface area (Å²) in [4.78, 5) is 25.6. The van der Waals surface area contributed by atoms with E-state index in [1.807, 2.05) is 42.2 Å². The average molecular weight is 355 g/mol. The van der Waals surface area contributed by atoms with Crippen LogP contribution in [0.3, 0.4) is 0 Å². The molecule has 7 nitrogen and oxygen atoms in total. The fourth-order valence-electron chi connectivity index (χ4n) is 2.58. The summed E-state index contributed by atoms with van der Waals surface area (Å²) in [5.41, 5.74) is 0.810. The number of hydrogen-bond acceptors (Lipinski definition) is 5. The van der Waals surface area contributed by atoms with Crippen LogP contribution in [0.2, 0.25) is 0 Å². The van der Waals surface area contributed by atoms with Crippen LogP contribution in [0, 0.1) is 0 Å². The third-order valence-electron chi connectivity index (χ3n) is 4.17. The van der Waals surface area contributed by atoms with Crippen LogP contribution < -0.4 is 10.6 Å². The third kappa shape index (κ3) is 4.31. The smallest absolute Gasteiger partial charge is 0.321 e. The molecule has 3 rings (SSSR count). The van der Waals surface area contributed by atoms with Crippen molar-refractivity contribution in [3.8, 4) is 0 Å². The number of carbonyl (C=O) groups is 2. The lowest BCUT2D eigenvalue weighted by Crippen LogP contribution is -2.43. The molecule has 7 heteroatoms. The number of para-hydroxylation sites is 1. The van der Waals surface area contributed by atoms with E-state index in [4.69, 9.17) is 8.83 Å². The summed E-state index contributed by atoms with van der Waals surface area (Å²) in [6.45, 7) is 2.23. The number of amides is 3. The highest BCUT2D eigenvalue weighted by Crippen LogP contribution is 2.26. The van der Waals surface area contributed by atoms with E-state index in [9.17, 15) is 9.59 Å². The minimum Gasteiger partial charge on any atom is -0.467 e. The summed E-state index contributed by atoms with van der Waals surface area (Å²) in [6.07, 6.45) is 1.52. The molecule has 26 heavy (non-hydrogen) atoms. The molecule has 0 bridgehead atoms. The van der Waals surface area contributed by atoms with Crippen LogP contribution in [0.1, 0.15) is 24.5 Å². The van der Waals surface area contributed by atoms with Crippen LogP contribution in [0.15, 0.2) is 57.6 Å². The largest absolute Gasteiger partial charge is 0.467 e. The summed E-state index contributed by atoms with van der Waals surface area (Å²) < 4.78 is 10.9. The zero-order chi connectivity index (χ0) is 18.5. The fraction of sp³-hybridized carbons (Fsp3) is 0.263. The fourth-order valence-corrected chi connectivity index (χ4v) is 2.58. The molecule has 136 valence electrons. The van der Waals surface area contributed by atoms with Gasteiger partial charge in [0.05, 0.1) is 25.4 Å². The Kier molecular flexibility index (Phi) is 5.38. The van der Waals surface area contributed by atoms with Crippen LogP contribution in [0.5, 0.6) is 0 Å². The molecular formula is C19H21N3O4. The molecule has 0 radical (unpaired) electrons. The lowest BCUT2D eigenvalue weighted by atomic mass is 10.2. The van der Waals surface area contributed by atoms with Crippen molar-refractivity contribution in [2.75, 3.05) is 13.6 Å². The summed E-state index contributed by atoms with van der Waals surface area (Å²) in [6, 6.07) is 12.5. The predicted octanol–water partition coefficient (Wildman–Crippen LogP) is 3.04. The molecule has 3 aromatic rings. The van der Waals surface area contributed by atoms with Gasteiger partial charge in [-0.25, -0.2) is 4.79 Å². The summed E-state index contributed by atoms with van der Waals surface area (Å²) >= 11 is 0. The van der Waals surface area contributed by atoms with Gasteiger partial charge in [0.2, 0.25) is 5.91 Å². The number of hydrogen-bond donors (Lipinski definition) is 2. The minimum absolute atomic E-state index is 0.0619. The van der Waals surface area contributed by atoms with Gasteiger partial charge >= 0.3 is 6.03 Å². The van der Waals surface area contributed by atoms with E-state index in [1.54, 1.807) is 19.2 Å². The van der Waals surface area contributed by atoms with Crippen LogP contribution in [-0.2, 0) is 11.3 Å². The third-order valence-corrected chi connectivity index (χ3v) is 4.17. The number of furan rings is 2. The molecule has 0 aliphatic heterocycles. The summed E-state index contributed by atoms with van der Waals surface area (Å²) in [5, 5.41) is 5.89. The number of fused-ring (bicyclic) bond motifs is 1. The molecule has 1 aromatic carbocycles. The van der Waals surface area contributed by atoms with E-state index in [-0.39, 0.29) is 19.1 Å². The first-order valence-corrected chi connectivity index (χ1v) is 8.31. The standard InChI is InChI=1S/C19H21N3O4/c1-13(17-10-14-6-3-4-8-16(14)26-17)22(2)12-18(23)21-19(24)20-11-15-7-5-9-25-15/h3-10,13H,11-12H2,1-2H3,(H2,20,21,23,24). The molecule has 0 aliphatic carbocycles. The van der Waals surface area contributed by atoms with Crippen molar-refractivity contribution in [2.45, 2.75) is 19.5 Å². The molecule has 0 spiro atoms. The van der Waals surface area contributed by atoms with E-state index < -0.39 is 11.9 Å². The number of urea groups is 1. The number of rotatable bonds is 6. The molecule has 2 heterocycles. The van der Waals surface area contributed by atoms with Crippen LogP contribution in [-0.4, -0.2) is 30.4 Å². The molecule has 0 aliphatic rings.